The molecule has 8 nitrogen and oxygen atoms in total. The standard InChI is InChI=1S/C38H45N3O5/c1-25-18-31(21-32(19-25)38(44)41(4)27(3)30-15-11-17-34(23-30)46-6)37(43)40-35(20-28-12-8-7-9-13-28)36(42)24-39-26(2)29-14-10-16-33(22-29)45-5/h7-19,21-23,26-27,35-36,39,42H,20,24H2,1-6H3,(H,40,43)/t26-,27?,35+,36-/m1/s1. The number of nitrogens with zero attached hydrogens (tertiary/aromatic N) is 1. The Hall–Kier alpha value is -4.66. The van der Waals surface area contributed by atoms with E-state index in [1.54, 1.807) is 44.4 Å². The van der Waals surface area contributed by atoms with Crippen molar-refractivity contribution in [2.45, 2.75) is 51.4 Å². The van der Waals surface area contributed by atoms with Crippen LogP contribution in [0.5, 0.6) is 11.5 Å². The average molecular weight is 624 g/mol. The van der Waals surface area contributed by atoms with E-state index in [9.17, 15) is 14.7 Å². The summed E-state index contributed by atoms with van der Waals surface area (Å²) in [7, 11) is 4.99. The minimum atomic E-state index is -0.891. The van der Waals surface area contributed by atoms with Crippen LogP contribution in [-0.2, 0) is 6.42 Å². The van der Waals surface area contributed by atoms with Crippen LogP contribution in [0.3, 0.4) is 0 Å². The normalized spacial score (nSPS) is 13.6. The number of hydrogen-bond donors (Lipinski definition) is 3. The van der Waals surface area contributed by atoms with Crippen LogP contribution < -0.4 is 20.1 Å². The zero-order chi connectivity index (χ0) is 33.2. The molecule has 0 aromatic heterocycles. The zero-order valence-electron chi connectivity index (χ0n) is 27.5. The number of carbonyl (C=O) groups is 2. The van der Waals surface area contributed by atoms with E-state index in [1.807, 2.05) is 99.6 Å². The van der Waals surface area contributed by atoms with Crippen molar-refractivity contribution in [1.29, 1.82) is 0 Å². The fraction of sp³-hybridized carbons (Fsp3) is 0.316. The Kier molecular flexibility index (Phi) is 11.9. The number of aryl methyl sites for hydroxylation is 1. The Morgan fingerprint density at radius 1 is 0.804 bits per heavy atom. The lowest BCUT2D eigenvalue weighted by molar-refractivity contribution is 0.0742. The topological polar surface area (TPSA) is 100 Å². The van der Waals surface area contributed by atoms with Crippen LogP contribution in [0.4, 0.5) is 0 Å². The van der Waals surface area contributed by atoms with E-state index in [1.165, 1.54) is 0 Å². The van der Waals surface area contributed by atoms with Gasteiger partial charge in [0.1, 0.15) is 11.5 Å². The third-order valence-electron chi connectivity index (χ3n) is 8.37. The highest BCUT2D eigenvalue weighted by Gasteiger charge is 2.25. The molecule has 2 amide bonds. The molecule has 46 heavy (non-hydrogen) atoms. The first kappa shape index (κ1) is 34.2. The number of aliphatic hydroxyl groups excluding tert-OH is 1. The highest BCUT2D eigenvalue weighted by atomic mass is 16.5. The van der Waals surface area contributed by atoms with Gasteiger partial charge in [0.25, 0.3) is 11.8 Å². The molecular weight excluding hydrogens is 578 g/mol. The van der Waals surface area contributed by atoms with E-state index in [0.29, 0.717) is 17.5 Å². The number of carbonyl (C=O) groups excluding carboxylic acids is 2. The quantitative estimate of drug-likeness (QED) is 0.162. The number of methoxy groups -OCH3 is 2. The first-order chi connectivity index (χ1) is 22.1. The Bertz CT molecular complexity index is 1610. The van der Waals surface area contributed by atoms with E-state index in [0.717, 1.165) is 33.8 Å². The van der Waals surface area contributed by atoms with Gasteiger partial charge in [0, 0.05) is 30.8 Å². The molecule has 0 saturated heterocycles. The van der Waals surface area contributed by atoms with Crippen molar-refractivity contribution in [3.05, 3.63) is 130 Å². The molecule has 0 aliphatic heterocycles. The van der Waals surface area contributed by atoms with E-state index in [2.05, 4.69) is 10.6 Å². The van der Waals surface area contributed by atoms with E-state index in [-0.39, 0.29) is 30.4 Å². The second-order valence-electron chi connectivity index (χ2n) is 11.7. The van der Waals surface area contributed by atoms with Crippen molar-refractivity contribution >= 4 is 11.8 Å². The van der Waals surface area contributed by atoms with Crippen LogP contribution in [0.1, 0.15) is 68.9 Å². The number of nitrogens with one attached hydrogen (secondary N) is 2. The van der Waals surface area contributed by atoms with Crippen LogP contribution in [0.25, 0.3) is 0 Å². The second kappa shape index (κ2) is 16.1. The van der Waals surface area contributed by atoms with Crippen molar-refractivity contribution in [2.24, 2.45) is 0 Å². The van der Waals surface area contributed by atoms with Crippen LogP contribution in [0.15, 0.2) is 97.1 Å². The molecule has 0 aliphatic carbocycles. The summed E-state index contributed by atoms with van der Waals surface area (Å²) in [6, 6.07) is 29.4. The fourth-order valence-electron chi connectivity index (χ4n) is 5.41. The third-order valence-corrected chi connectivity index (χ3v) is 8.37. The van der Waals surface area contributed by atoms with Gasteiger partial charge in [0.05, 0.1) is 32.4 Å². The minimum Gasteiger partial charge on any atom is -0.497 e. The maximum atomic E-state index is 13.7. The fourth-order valence-corrected chi connectivity index (χ4v) is 5.41. The molecular formula is C38H45N3O5. The summed E-state index contributed by atoms with van der Waals surface area (Å²) in [5.41, 5.74) is 4.50. The predicted molar refractivity (Wildman–Crippen MR) is 182 cm³/mol. The summed E-state index contributed by atoms with van der Waals surface area (Å²) < 4.78 is 10.7. The Morgan fingerprint density at radius 2 is 1.41 bits per heavy atom. The predicted octanol–water partition coefficient (Wildman–Crippen LogP) is 5.90. The van der Waals surface area contributed by atoms with Crippen molar-refractivity contribution in [1.82, 2.24) is 15.5 Å². The van der Waals surface area contributed by atoms with Gasteiger partial charge in [0.2, 0.25) is 0 Å². The lowest BCUT2D eigenvalue weighted by Crippen LogP contribution is -2.49. The maximum absolute atomic E-state index is 13.7. The lowest BCUT2D eigenvalue weighted by atomic mass is 9.99. The molecule has 8 heteroatoms. The van der Waals surface area contributed by atoms with Gasteiger partial charge in [-0.3, -0.25) is 9.59 Å². The molecule has 4 aromatic carbocycles. The van der Waals surface area contributed by atoms with Gasteiger partial charge in [-0.1, -0.05) is 54.6 Å². The van der Waals surface area contributed by atoms with Gasteiger partial charge >= 0.3 is 0 Å². The molecule has 4 atom stereocenters. The van der Waals surface area contributed by atoms with Gasteiger partial charge in [-0.2, -0.15) is 0 Å². The van der Waals surface area contributed by atoms with Gasteiger partial charge in [-0.25, -0.2) is 0 Å². The van der Waals surface area contributed by atoms with Crippen LogP contribution >= 0.6 is 0 Å². The van der Waals surface area contributed by atoms with E-state index >= 15 is 0 Å². The molecule has 0 spiro atoms. The van der Waals surface area contributed by atoms with E-state index < -0.39 is 12.1 Å². The maximum Gasteiger partial charge on any atom is 0.254 e. The molecule has 0 heterocycles. The number of ether oxygens (including phenoxy) is 2. The van der Waals surface area contributed by atoms with Gasteiger partial charge in [-0.15, -0.1) is 0 Å². The summed E-state index contributed by atoms with van der Waals surface area (Å²) in [6.07, 6.45) is -0.459. The molecule has 0 saturated carbocycles. The molecule has 4 rings (SSSR count). The molecule has 0 fully saturated rings. The SMILES string of the molecule is COc1cccc(C(C)N(C)C(=O)c2cc(C)cc(C(=O)N[C@@H](Cc3ccccc3)[C@H](O)CN[C@H](C)c3cccc(OC)c3)c2)c1. The first-order valence-corrected chi connectivity index (χ1v) is 15.5. The lowest BCUT2D eigenvalue weighted by Gasteiger charge is -2.27. The zero-order valence-corrected chi connectivity index (χ0v) is 27.5. The van der Waals surface area contributed by atoms with Crippen molar-refractivity contribution in [2.75, 3.05) is 27.8 Å². The van der Waals surface area contributed by atoms with Gasteiger partial charge in [-0.05, 0) is 91.9 Å². The average Bonchev–Trinajstić information content (AvgIpc) is 3.09. The summed E-state index contributed by atoms with van der Waals surface area (Å²) in [6.45, 7) is 6.08. The molecule has 0 aliphatic rings. The summed E-state index contributed by atoms with van der Waals surface area (Å²) in [5.74, 6) is 0.918. The van der Waals surface area contributed by atoms with Gasteiger partial charge < -0.3 is 30.1 Å². The highest BCUT2D eigenvalue weighted by Crippen LogP contribution is 2.25. The Morgan fingerprint density at radius 3 is 2.07 bits per heavy atom. The van der Waals surface area contributed by atoms with Crippen LogP contribution in [0, 0.1) is 6.92 Å². The molecule has 1 unspecified atom stereocenters. The molecule has 242 valence electrons. The molecule has 0 radical (unpaired) electrons. The summed E-state index contributed by atoms with van der Waals surface area (Å²) in [4.78, 5) is 29.0. The first-order valence-electron chi connectivity index (χ1n) is 15.5. The molecule has 3 N–H and O–H groups in total. The molecule has 4 aromatic rings. The highest BCUT2D eigenvalue weighted by molar-refractivity contribution is 6.00. The second-order valence-corrected chi connectivity index (χ2v) is 11.7. The van der Waals surface area contributed by atoms with Crippen LogP contribution in [-0.4, -0.2) is 61.8 Å². The number of rotatable bonds is 14. The third kappa shape index (κ3) is 8.96. The monoisotopic (exact) mass is 623 g/mol. The number of hydrogen-bond acceptors (Lipinski definition) is 6. The summed E-state index contributed by atoms with van der Waals surface area (Å²) >= 11 is 0. The Labute approximate surface area is 272 Å². The smallest absolute Gasteiger partial charge is 0.254 e. The van der Waals surface area contributed by atoms with Crippen molar-refractivity contribution in [3.63, 3.8) is 0 Å². The largest absolute Gasteiger partial charge is 0.497 e. The van der Waals surface area contributed by atoms with Crippen molar-refractivity contribution < 1.29 is 24.2 Å². The van der Waals surface area contributed by atoms with Crippen molar-refractivity contribution in [3.8, 4) is 11.5 Å². The minimum absolute atomic E-state index is 0.0560. The Balaban J connectivity index is 1.50. The van der Waals surface area contributed by atoms with E-state index in [4.69, 9.17) is 9.47 Å². The van der Waals surface area contributed by atoms with Gasteiger partial charge in [0.15, 0.2) is 0 Å². The summed E-state index contributed by atoms with van der Waals surface area (Å²) in [5, 5.41) is 17.8. The molecule has 0 bridgehead atoms. The number of aliphatic hydroxyl groups is 1. The number of benzene rings is 4. The van der Waals surface area contributed by atoms with Crippen LogP contribution in [0.2, 0.25) is 0 Å². The number of amides is 2.